The fraction of sp³-hybridized carbons (Fsp3) is 0.632. The predicted molar refractivity (Wildman–Crippen MR) is 103 cm³/mol. The molecule has 0 aromatic heterocycles. The van der Waals surface area contributed by atoms with Crippen LogP contribution in [0.3, 0.4) is 0 Å². The number of carboxylic acid groups (broad SMARTS) is 1. The molecule has 1 aromatic carbocycles. The quantitative estimate of drug-likeness (QED) is 0.622. The molecule has 150 valence electrons. The third-order valence-electron chi connectivity index (χ3n) is 5.21. The molecule has 2 saturated carbocycles. The number of nitrogens with one attached hydrogen (secondary N) is 1. The van der Waals surface area contributed by atoms with Crippen LogP contribution in [0.2, 0.25) is 0 Å². The van der Waals surface area contributed by atoms with Crippen LogP contribution in [-0.2, 0) is 21.4 Å². The van der Waals surface area contributed by atoms with E-state index in [-0.39, 0.29) is 23.5 Å². The van der Waals surface area contributed by atoms with E-state index in [0.717, 1.165) is 18.7 Å². The SMILES string of the molecule is CN(C)Cc1ccc(S(=O)(=O)NC2CC(N(CC(=O)O)CC3CC3)C2)cc1. The number of nitrogens with zero attached hydrogens (tertiary/aromatic N) is 2. The lowest BCUT2D eigenvalue weighted by atomic mass is 9.86. The number of aliphatic carboxylic acids is 1. The van der Waals surface area contributed by atoms with Crippen molar-refractivity contribution in [2.75, 3.05) is 27.2 Å². The van der Waals surface area contributed by atoms with Gasteiger partial charge in [-0.25, -0.2) is 13.1 Å². The molecule has 1 aromatic rings. The molecule has 0 radical (unpaired) electrons. The number of hydrogen-bond donors (Lipinski definition) is 2. The van der Waals surface area contributed by atoms with Crippen molar-refractivity contribution in [1.82, 2.24) is 14.5 Å². The van der Waals surface area contributed by atoms with Gasteiger partial charge >= 0.3 is 5.97 Å². The average molecular weight is 396 g/mol. The van der Waals surface area contributed by atoms with Gasteiger partial charge in [0.1, 0.15) is 0 Å². The number of carbonyl (C=O) groups is 1. The largest absolute Gasteiger partial charge is 0.480 e. The molecule has 2 fully saturated rings. The molecule has 2 N–H and O–H groups in total. The Morgan fingerprint density at radius 3 is 2.33 bits per heavy atom. The van der Waals surface area contributed by atoms with E-state index in [2.05, 4.69) is 4.72 Å². The van der Waals surface area contributed by atoms with E-state index < -0.39 is 16.0 Å². The summed E-state index contributed by atoms with van der Waals surface area (Å²) in [5, 5.41) is 9.11. The Kier molecular flexibility index (Phi) is 6.20. The lowest BCUT2D eigenvalue weighted by Gasteiger charge is -2.42. The van der Waals surface area contributed by atoms with Crippen molar-refractivity contribution in [3.05, 3.63) is 29.8 Å². The molecular formula is C19H29N3O4S. The molecule has 0 bridgehead atoms. The highest BCUT2D eigenvalue weighted by molar-refractivity contribution is 7.89. The van der Waals surface area contributed by atoms with Crippen molar-refractivity contribution < 1.29 is 18.3 Å². The van der Waals surface area contributed by atoms with E-state index in [1.165, 1.54) is 12.8 Å². The first-order valence-corrected chi connectivity index (χ1v) is 10.9. The molecule has 0 atom stereocenters. The second-order valence-electron chi connectivity index (χ2n) is 8.09. The smallest absolute Gasteiger partial charge is 0.317 e. The van der Waals surface area contributed by atoms with Gasteiger partial charge in [-0.2, -0.15) is 0 Å². The second kappa shape index (κ2) is 8.26. The third kappa shape index (κ3) is 5.75. The van der Waals surface area contributed by atoms with Gasteiger partial charge in [0, 0.05) is 25.2 Å². The Morgan fingerprint density at radius 2 is 1.81 bits per heavy atom. The van der Waals surface area contributed by atoms with Gasteiger partial charge in [0.25, 0.3) is 0 Å². The van der Waals surface area contributed by atoms with E-state index in [1.54, 1.807) is 12.1 Å². The fourth-order valence-electron chi connectivity index (χ4n) is 3.56. The molecule has 27 heavy (non-hydrogen) atoms. The summed E-state index contributed by atoms with van der Waals surface area (Å²) in [4.78, 5) is 15.4. The molecule has 0 heterocycles. The van der Waals surface area contributed by atoms with Gasteiger partial charge in [-0.3, -0.25) is 9.69 Å². The highest BCUT2D eigenvalue weighted by Gasteiger charge is 2.38. The van der Waals surface area contributed by atoms with Crippen LogP contribution >= 0.6 is 0 Å². The first-order chi connectivity index (χ1) is 12.7. The Morgan fingerprint density at radius 1 is 1.19 bits per heavy atom. The first kappa shape index (κ1) is 20.3. The highest BCUT2D eigenvalue weighted by Crippen LogP contribution is 2.34. The van der Waals surface area contributed by atoms with Crippen LogP contribution in [0.15, 0.2) is 29.2 Å². The van der Waals surface area contributed by atoms with Gasteiger partial charge in [-0.1, -0.05) is 12.1 Å². The molecule has 0 aliphatic heterocycles. The van der Waals surface area contributed by atoms with Gasteiger partial charge in [-0.15, -0.1) is 0 Å². The number of rotatable bonds is 10. The molecule has 0 unspecified atom stereocenters. The van der Waals surface area contributed by atoms with Crippen molar-refractivity contribution in [2.24, 2.45) is 5.92 Å². The van der Waals surface area contributed by atoms with Crippen LogP contribution in [-0.4, -0.2) is 68.6 Å². The van der Waals surface area contributed by atoms with Crippen LogP contribution in [0.5, 0.6) is 0 Å². The summed E-state index contributed by atoms with van der Waals surface area (Å²) >= 11 is 0. The van der Waals surface area contributed by atoms with Crippen LogP contribution in [0.4, 0.5) is 0 Å². The zero-order valence-corrected chi connectivity index (χ0v) is 16.8. The zero-order valence-electron chi connectivity index (χ0n) is 16.0. The number of hydrogen-bond acceptors (Lipinski definition) is 5. The number of carboxylic acids is 1. The number of sulfonamides is 1. The van der Waals surface area contributed by atoms with Gasteiger partial charge in [0.05, 0.1) is 11.4 Å². The molecular weight excluding hydrogens is 366 g/mol. The fourth-order valence-corrected chi connectivity index (χ4v) is 4.82. The standard InChI is InChI=1S/C19H29N3O4S/c1-21(2)11-14-5-7-18(8-6-14)27(25,26)20-16-9-17(10-16)22(13-19(23)24)12-15-3-4-15/h5-8,15-17,20H,3-4,9-13H2,1-2H3,(H,23,24). The monoisotopic (exact) mass is 395 g/mol. The number of benzene rings is 1. The van der Waals surface area contributed by atoms with E-state index in [0.29, 0.717) is 18.8 Å². The average Bonchev–Trinajstić information content (AvgIpc) is 3.33. The molecule has 2 aliphatic carbocycles. The highest BCUT2D eigenvalue weighted by atomic mass is 32.2. The summed E-state index contributed by atoms with van der Waals surface area (Å²) in [5.41, 5.74) is 1.06. The Balaban J connectivity index is 1.53. The van der Waals surface area contributed by atoms with Crippen molar-refractivity contribution in [3.63, 3.8) is 0 Å². The van der Waals surface area contributed by atoms with Crippen molar-refractivity contribution >= 4 is 16.0 Å². The van der Waals surface area contributed by atoms with Crippen LogP contribution in [0.25, 0.3) is 0 Å². The predicted octanol–water partition coefficient (Wildman–Crippen LogP) is 1.35. The lowest BCUT2D eigenvalue weighted by molar-refractivity contribution is -0.139. The van der Waals surface area contributed by atoms with Crippen molar-refractivity contribution in [2.45, 2.75) is 49.2 Å². The molecule has 3 rings (SSSR count). The summed E-state index contributed by atoms with van der Waals surface area (Å²) < 4.78 is 27.9. The normalized spacial score (nSPS) is 22.8. The lowest BCUT2D eigenvalue weighted by Crippen LogP contribution is -2.55. The minimum atomic E-state index is -3.55. The molecule has 0 amide bonds. The molecule has 2 aliphatic rings. The first-order valence-electron chi connectivity index (χ1n) is 9.45. The molecule has 0 saturated heterocycles. The maximum atomic E-state index is 12.6. The summed E-state index contributed by atoms with van der Waals surface area (Å²) in [5.74, 6) is -0.210. The minimum absolute atomic E-state index is 0.0357. The van der Waals surface area contributed by atoms with Gasteiger partial charge in [0.2, 0.25) is 10.0 Å². The van der Waals surface area contributed by atoms with E-state index in [1.807, 2.05) is 36.0 Å². The molecule has 0 spiro atoms. The zero-order chi connectivity index (χ0) is 19.6. The maximum absolute atomic E-state index is 12.6. The third-order valence-corrected chi connectivity index (χ3v) is 6.75. The van der Waals surface area contributed by atoms with Crippen molar-refractivity contribution in [1.29, 1.82) is 0 Å². The van der Waals surface area contributed by atoms with Crippen LogP contribution in [0.1, 0.15) is 31.2 Å². The van der Waals surface area contributed by atoms with Gasteiger partial charge in [0.15, 0.2) is 0 Å². The Bertz CT molecular complexity index is 754. The van der Waals surface area contributed by atoms with Gasteiger partial charge < -0.3 is 10.0 Å². The Labute approximate surface area is 161 Å². The van der Waals surface area contributed by atoms with E-state index in [9.17, 15) is 13.2 Å². The van der Waals surface area contributed by atoms with E-state index >= 15 is 0 Å². The van der Waals surface area contributed by atoms with Crippen molar-refractivity contribution in [3.8, 4) is 0 Å². The Hall–Kier alpha value is -1.48. The minimum Gasteiger partial charge on any atom is -0.480 e. The summed E-state index contributed by atoms with van der Waals surface area (Å²) in [6.45, 7) is 1.61. The van der Waals surface area contributed by atoms with Crippen LogP contribution < -0.4 is 4.72 Å². The van der Waals surface area contributed by atoms with E-state index in [4.69, 9.17) is 5.11 Å². The summed E-state index contributed by atoms with van der Waals surface area (Å²) in [6, 6.07) is 6.97. The van der Waals surface area contributed by atoms with Crippen LogP contribution in [0, 0.1) is 5.92 Å². The summed E-state index contributed by atoms with van der Waals surface area (Å²) in [6.07, 6.45) is 3.67. The maximum Gasteiger partial charge on any atom is 0.317 e. The second-order valence-corrected chi connectivity index (χ2v) is 9.81. The molecule has 8 heteroatoms. The molecule has 7 nitrogen and oxygen atoms in total. The topological polar surface area (TPSA) is 90.0 Å². The van der Waals surface area contributed by atoms with Gasteiger partial charge in [-0.05, 0) is 63.4 Å². The summed E-state index contributed by atoms with van der Waals surface area (Å²) in [7, 11) is 0.390.